The number of fused-ring (bicyclic) bond motifs is 1. The predicted molar refractivity (Wildman–Crippen MR) is 107 cm³/mol. The first-order valence-corrected chi connectivity index (χ1v) is 10.4. The average Bonchev–Trinajstić information content (AvgIpc) is 3.07. The molecular formula is C21H28ClN3O. The Kier molecular flexibility index (Phi) is 5.51. The minimum Gasteiger partial charge on any atom is -0.350 e. The summed E-state index contributed by atoms with van der Waals surface area (Å²) in [6, 6.07) is 7.83. The van der Waals surface area contributed by atoms with Gasteiger partial charge in [0.1, 0.15) is 5.69 Å². The van der Waals surface area contributed by atoms with Crippen molar-refractivity contribution in [3.05, 3.63) is 35.0 Å². The molecule has 0 spiro atoms. The number of likely N-dealkylation sites (tertiary alicyclic amines) is 1. The van der Waals surface area contributed by atoms with Gasteiger partial charge in [-0.25, -0.2) is 0 Å². The van der Waals surface area contributed by atoms with Crippen molar-refractivity contribution < 1.29 is 4.79 Å². The van der Waals surface area contributed by atoms with Crippen molar-refractivity contribution in [3.8, 4) is 0 Å². The molecule has 0 bridgehead atoms. The molecule has 2 heterocycles. The van der Waals surface area contributed by atoms with Crippen LogP contribution in [-0.2, 0) is 0 Å². The maximum Gasteiger partial charge on any atom is 0.267 e. The Bertz CT molecular complexity index is 758. The van der Waals surface area contributed by atoms with Gasteiger partial charge in [-0.05, 0) is 49.8 Å². The Morgan fingerprint density at radius 1 is 1.12 bits per heavy atom. The predicted octanol–water partition coefficient (Wildman–Crippen LogP) is 4.60. The van der Waals surface area contributed by atoms with Crippen LogP contribution in [0.25, 0.3) is 10.9 Å². The van der Waals surface area contributed by atoms with Crippen LogP contribution in [0.2, 0.25) is 5.02 Å². The van der Waals surface area contributed by atoms with Gasteiger partial charge in [-0.2, -0.15) is 0 Å². The molecule has 2 N–H and O–H groups in total. The van der Waals surface area contributed by atoms with E-state index in [1.165, 1.54) is 38.6 Å². The van der Waals surface area contributed by atoms with E-state index in [1.54, 1.807) is 0 Å². The highest BCUT2D eigenvalue weighted by Gasteiger charge is 2.24. The summed E-state index contributed by atoms with van der Waals surface area (Å²) in [7, 11) is 0. The molecule has 2 aromatic rings. The molecule has 0 unspecified atom stereocenters. The molecular weight excluding hydrogens is 346 g/mol. The van der Waals surface area contributed by atoms with E-state index in [-0.39, 0.29) is 11.9 Å². The molecule has 1 saturated heterocycles. The first kappa shape index (κ1) is 17.9. The van der Waals surface area contributed by atoms with Crippen molar-refractivity contribution >= 4 is 28.4 Å². The van der Waals surface area contributed by atoms with Crippen molar-refractivity contribution in [2.45, 2.75) is 51.0 Å². The Balaban J connectivity index is 1.28. The number of rotatable bonds is 4. The van der Waals surface area contributed by atoms with Gasteiger partial charge in [-0.15, -0.1) is 0 Å². The number of hydrogen-bond acceptors (Lipinski definition) is 2. The number of nitrogens with zero attached hydrogens (tertiary/aromatic N) is 1. The van der Waals surface area contributed by atoms with E-state index in [0.717, 1.165) is 42.8 Å². The van der Waals surface area contributed by atoms with Gasteiger partial charge in [-0.1, -0.05) is 36.9 Å². The number of aromatic amines is 1. The first-order chi connectivity index (χ1) is 12.7. The van der Waals surface area contributed by atoms with E-state index in [0.29, 0.717) is 10.7 Å². The normalized spacial score (nSPS) is 20.5. The van der Waals surface area contributed by atoms with Gasteiger partial charge in [-0.3, -0.25) is 4.79 Å². The Labute approximate surface area is 160 Å². The summed E-state index contributed by atoms with van der Waals surface area (Å²) >= 11 is 6.02. The summed E-state index contributed by atoms with van der Waals surface area (Å²) in [5, 5.41) is 4.90. The highest BCUT2D eigenvalue weighted by molar-refractivity contribution is 6.31. The third-order valence-electron chi connectivity index (χ3n) is 5.99. The van der Waals surface area contributed by atoms with Crippen molar-refractivity contribution in [1.82, 2.24) is 15.2 Å². The van der Waals surface area contributed by atoms with Gasteiger partial charge in [0, 0.05) is 41.6 Å². The van der Waals surface area contributed by atoms with E-state index in [9.17, 15) is 4.79 Å². The second-order valence-electron chi connectivity index (χ2n) is 7.97. The lowest BCUT2D eigenvalue weighted by Gasteiger charge is -2.35. The largest absolute Gasteiger partial charge is 0.350 e. The fraction of sp³-hybridized carbons (Fsp3) is 0.571. The van der Waals surface area contributed by atoms with Crippen molar-refractivity contribution in [2.24, 2.45) is 5.92 Å². The Hall–Kier alpha value is -1.52. The van der Waals surface area contributed by atoms with E-state index in [2.05, 4.69) is 15.2 Å². The molecule has 4 nitrogen and oxygen atoms in total. The molecule has 1 aliphatic carbocycles. The molecule has 1 aliphatic heterocycles. The minimum absolute atomic E-state index is 0.0111. The number of benzene rings is 1. The topological polar surface area (TPSA) is 48.1 Å². The highest BCUT2D eigenvalue weighted by atomic mass is 35.5. The lowest BCUT2D eigenvalue weighted by molar-refractivity contribution is 0.0897. The van der Waals surface area contributed by atoms with Crippen LogP contribution in [0.5, 0.6) is 0 Å². The molecule has 1 amide bonds. The molecule has 2 fully saturated rings. The zero-order chi connectivity index (χ0) is 17.9. The van der Waals surface area contributed by atoms with E-state index < -0.39 is 0 Å². The van der Waals surface area contributed by atoms with Crippen LogP contribution in [0.3, 0.4) is 0 Å². The Morgan fingerprint density at radius 2 is 1.88 bits per heavy atom. The zero-order valence-electron chi connectivity index (χ0n) is 15.3. The minimum atomic E-state index is -0.0111. The standard InChI is InChI=1S/C21H28ClN3O/c22-17-7-6-16-12-20(24-19(16)13-17)21(26)23-18-8-10-25(11-9-18)14-15-4-2-1-3-5-15/h6-7,12-13,15,18,24H,1-5,8-11,14H2,(H,23,26). The number of H-pyrrole nitrogens is 1. The Morgan fingerprint density at radius 3 is 2.65 bits per heavy atom. The molecule has 2 aliphatic rings. The molecule has 0 radical (unpaired) electrons. The average molecular weight is 374 g/mol. The van der Waals surface area contributed by atoms with Crippen LogP contribution in [0.1, 0.15) is 55.4 Å². The van der Waals surface area contributed by atoms with Gasteiger partial charge in [0.15, 0.2) is 0 Å². The van der Waals surface area contributed by atoms with Gasteiger partial charge in [0.2, 0.25) is 0 Å². The van der Waals surface area contributed by atoms with Crippen LogP contribution in [0.15, 0.2) is 24.3 Å². The van der Waals surface area contributed by atoms with Crippen LogP contribution in [0.4, 0.5) is 0 Å². The fourth-order valence-corrected chi connectivity index (χ4v) is 4.65. The quantitative estimate of drug-likeness (QED) is 0.823. The monoisotopic (exact) mass is 373 g/mol. The van der Waals surface area contributed by atoms with Gasteiger partial charge in [0.25, 0.3) is 5.91 Å². The van der Waals surface area contributed by atoms with Crippen molar-refractivity contribution in [2.75, 3.05) is 19.6 Å². The zero-order valence-corrected chi connectivity index (χ0v) is 16.0. The second-order valence-corrected chi connectivity index (χ2v) is 8.40. The number of carbonyl (C=O) groups excluding carboxylic acids is 1. The van der Waals surface area contributed by atoms with Crippen molar-refractivity contribution in [1.29, 1.82) is 0 Å². The SMILES string of the molecule is O=C(NC1CCN(CC2CCCCC2)CC1)c1cc2ccc(Cl)cc2[nH]1. The number of nitrogens with one attached hydrogen (secondary N) is 2. The van der Waals surface area contributed by atoms with E-state index >= 15 is 0 Å². The molecule has 140 valence electrons. The lowest BCUT2D eigenvalue weighted by Crippen LogP contribution is -2.46. The van der Waals surface area contributed by atoms with Gasteiger partial charge < -0.3 is 15.2 Å². The molecule has 1 aromatic carbocycles. The fourth-order valence-electron chi connectivity index (χ4n) is 4.48. The molecule has 1 saturated carbocycles. The molecule has 5 heteroatoms. The van der Waals surface area contributed by atoms with Crippen LogP contribution < -0.4 is 5.32 Å². The second kappa shape index (κ2) is 8.01. The van der Waals surface area contributed by atoms with Gasteiger partial charge >= 0.3 is 0 Å². The van der Waals surface area contributed by atoms with Crippen LogP contribution in [-0.4, -0.2) is 41.5 Å². The molecule has 0 atom stereocenters. The first-order valence-electron chi connectivity index (χ1n) is 9.99. The number of aromatic nitrogens is 1. The van der Waals surface area contributed by atoms with Crippen molar-refractivity contribution in [3.63, 3.8) is 0 Å². The number of carbonyl (C=O) groups is 1. The summed E-state index contributed by atoms with van der Waals surface area (Å²) in [6.45, 7) is 3.46. The maximum absolute atomic E-state index is 12.6. The third-order valence-corrected chi connectivity index (χ3v) is 6.23. The molecule has 4 rings (SSSR count). The maximum atomic E-state index is 12.6. The summed E-state index contributed by atoms with van der Waals surface area (Å²) in [5.41, 5.74) is 1.52. The van der Waals surface area contributed by atoms with Gasteiger partial charge in [0.05, 0.1) is 0 Å². The smallest absolute Gasteiger partial charge is 0.267 e. The summed E-state index contributed by atoms with van der Waals surface area (Å²) < 4.78 is 0. The van der Waals surface area contributed by atoms with Crippen LogP contribution in [0, 0.1) is 5.92 Å². The number of halogens is 1. The lowest BCUT2D eigenvalue weighted by atomic mass is 9.88. The van der Waals surface area contributed by atoms with E-state index in [1.807, 2.05) is 24.3 Å². The van der Waals surface area contributed by atoms with Crippen LogP contribution >= 0.6 is 11.6 Å². The molecule has 1 aromatic heterocycles. The number of hydrogen-bond donors (Lipinski definition) is 2. The third kappa shape index (κ3) is 4.24. The number of amides is 1. The number of piperidine rings is 1. The summed E-state index contributed by atoms with van der Waals surface area (Å²) in [5.74, 6) is 0.885. The van der Waals surface area contributed by atoms with E-state index in [4.69, 9.17) is 11.6 Å². The summed E-state index contributed by atoms with van der Waals surface area (Å²) in [6.07, 6.45) is 9.14. The summed E-state index contributed by atoms with van der Waals surface area (Å²) in [4.78, 5) is 18.4. The highest BCUT2D eigenvalue weighted by Crippen LogP contribution is 2.25. The molecule has 26 heavy (non-hydrogen) atoms.